The van der Waals surface area contributed by atoms with E-state index in [9.17, 15) is 0 Å². The monoisotopic (exact) mass is 234 g/mol. The Morgan fingerprint density at radius 1 is 1.42 bits per heavy atom. The van der Waals surface area contributed by atoms with E-state index >= 15 is 0 Å². The van der Waals surface area contributed by atoms with Crippen LogP contribution in [-0.4, -0.2) is 19.0 Å². The van der Waals surface area contributed by atoms with Crippen LogP contribution < -0.4 is 0 Å². The van der Waals surface area contributed by atoms with Crippen molar-refractivity contribution >= 4 is 15.9 Å². The summed E-state index contributed by atoms with van der Waals surface area (Å²) in [6.45, 7) is 3.22. The smallest absolute Gasteiger partial charge is 0.0493 e. The fourth-order valence-corrected chi connectivity index (χ4v) is 3.38. The van der Waals surface area contributed by atoms with Crippen molar-refractivity contribution in [1.82, 2.24) is 0 Å². The quantitative estimate of drug-likeness (QED) is 0.680. The van der Waals surface area contributed by atoms with Gasteiger partial charge in [-0.1, -0.05) is 35.7 Å². The van der Waals surface area contributed by atoms with Gasteiger partial charge in [-0.25, -0.2) is 0 Å². The summed E-state index contributed by atoms with van der Waals surface area (Å²) >= 11 is 3.65. The third-order valence-electron chi connectivity index (χ3n) is 3.33. The van der Waals surface area contributed by atoms with Crippen LogP contribution >= 0.6 is 15.9 Å². The lowest BCUT2D eigenvalue weighted by Gasteiger charge is -2.33. The molecule has 1 saturated carbocycles. The Labute approximate surface area is 84.0 Å². The van der Waals surface area contributed by atoms with E-state index in [-0.39, 0.29) is 0 Å². The Kier molecular flexibility index (Phi) is 4.04. The zero-order valence-electron chi connectivity index (χ0n) is 8.11. The third kappa shape index (κ3) is 2.02. The van der Waals surface area contributed by atoms with Gasteiger partial charge in [0.1, 0.15) is 0 Å². The van der Waals surface area contributed by atoms with Gasteiger partial charge in [0.15, 0.2) is 0 Å². The molecule has 0 aromatic rings. The summed E-state index contributed by atoms with van der Waals surface area (Å²) in [5.41, 5.74) is 0.538. The van der Waals surface area contributed by atoms with Gasteiger partial charge in [-0.15, -0.1) is 0 Å². The summed E-state index contributed by atoms with van der Waals surface area (Å²) in [5.74, 6) is 0.698. The molecular formula is C10H19BrO. The van der Waals surface area contributed by atoms with Crippen molar-refractivity contribution in [2.24, 2.45) is 11.3 Å². The highest BCUT2D eigenvalue weighted by Gasteiger charge is 2.37. The van der Waals surface area contributed by atoms with Crippen molar-refractivity contribution in [3.05, 3.63) is 0 Å². The first kappa shape index (κ1) is 10.5. The molecule has 1 nitrogen and oxygen atoms in total. The molecule has 1 atom stereocenters. The summed E-state index contributed by atoms with van der Waals surface area (Å²) in [6.07, 6.45) is 5.56. The molecule has 72 valence electrons. The average molecular weight is 235 g/mol. The van der Waals surface area contributed by atoms with Crippen LogP contribution in [0.3, 0.4) is 0 Å². The molecule has 0 aromatic heterocycles. The van der Waals surface area contributed by atoms with Gasteiger partial charge >= 0.3 is 0 Å². The van der Waals surface area contributed by atoms with Gasteiger partial charge in [-0.2, -0.15) is 0 Å². The molecule has 12 heavy (non-hydrogen) atoms. The van der Waals surface area contributed by atoms with E-state index in [2.05, 4.69) is 22.9 Å². The van der Waals surface area contributed by atoms with Crippen LogP contribution in [0.2, 0.25) is 0 Å². The zero-order valence-corrected chi connectivity index (χ0v) is 9.69. The molecule has 0 aliphatic heterocycles. The molecule has 0 spiro atoms. The molecule has 0 amide bonds. The van der Waals surface area contributed by atoms with E-state index in [0.717, 1.165) is 11.9 Å². The second kappa shape index (κ2) is 4.61. The zero-order chi connectivity index (χ0) is 9.03. The van der Waals surface area contributed by atoms with Crippen molar-refractivity contribution in [2.45, 2.75) is 32.6 Å². The van der Waals surface area contributed by atoms with E-state index < -0.39 is 0 Å². The largest absolute Gasteiger partial charge is 0.384 e. The van der Waals surface area contributed by atoms with Crippen molar-refractivity contribution in [3.8, 4) is 0 Å². The molecule has 0 saturated heterocycles. The Balaban J connectivity index is 2.52. The predicted octanol–water partition coefficient (Wildman–Crippen LogP) is 3.22. The van der Waals surface area contributed by atoms with Gasteiger partial charge in [0.25, 0.3) is 0 Å². The van der Waals surface area contributed by atoms with Crippen LogP contribution in [0, 0.1) is 11.3 Å². The molecule has 1 aliphatic carbocycles. The van der Waals surface area contributed by atoms with E-state index in [1.54, 1.807) is 7.11 Å². The van der Waals surface area contributed by atoms with Crippen molar-refractivity contribution in [3.63, 3.8) is 0 Å². The first-order chi connectivity index (χ1) is 5.75. The first-order valence-corrected chi connectivity index (χ1v) is 5.92. The van der Waals surface area contributed by atoms with Gasteiger partial charge in [0.2, 0.25) is 0 Å². The fraction of sp³-hybridized carbons (Fsp3) is 1.00. The summed E-state index contributed by atoms with van der Waals surface area (Å²) in [5, 5.41) is 1.14. The van der Waals surface area contributed by atoms with Gasteiger partial charge in [-0.05, 0) is 24.2 Å². The summed E-state index contributed by atoms with van der Waals surface area (Å²) in [4.78, 5) is 0. The molecular weight excluding hydrogens is 216 g/mol. The summed E-state index contributed by atoms with van der Waals surface area (Å²) < 4.78 is 5.22. The number of hydrogen-bond donors (Lipinski definition) is 0. The number of hydrogen-bond acceptors (Lipinski definition) is 1. The topological polar surface area (TPSA) is 9.23 Å². The lowest BCUT2D eigenvalue weighted by molar-refractivity contribution is 0.0882. The minimum Gasteiger partial charge on any atom is -0.384 e. The maximum atomic E-state index is 5.22. The molecule has 0 radical (unpaired) electrons. The summed E-state index contributed by atoms with van der Waals surface area (Å²) in [6, 6.07) is 0. The molecule has 0 aromatic carbocycles. The molecule has 0 N–H and O–H groups in total. The third-order valence-corrected chi connectivity index (χ3v) is 4.44. The molecule has 0 bridgehead atoms. The number of methoxy groups -OCH3 is 1. The minimum atomic E-state index is 0.538. The minimum absolute atomic E-state index is 0.538. The lowest BCUT2D eigenvalue weighted by atomic mass is 9.77. The molecule has 1 aliphatic rings. The number of ether oxygens (including phenoxy) is 1. The van der Waals surface area contributed by atoms with Gasteiger partial charge < -0.3 is 4.74 Å². The van der Waals surface area contributed by atoms with Crippen molar-refractivity contribution < 1.29 is 4.74 Å². The average Bonchev–Trinajstić information content (AvgIpc) is 2.54. The van der Waals surface area contributed by atoms with Crippen molar-refractivity contribution in [1.29, 1.82) is 0 Å². The fourth-order valence-electron chi connectivity index (χ4n) is 2.26. The van der Waals surface area contributed by atoms with Crippen LogP contribution in [0.5, 0.6) is 0 Å². The normalized spacial score (nSPS) is 24.2. The van der Waals surface area contributed by atoms with Crippen LogP contribution in [-0.2, 0) is 4.74 Å². The van der Waals surface area contributed by atoms with Crippen LogP contribution in [0.25, 0.3) is 0 Å². The Morgan fingerprint density at radius 3 is 2.42 bits per heavy atom. The Bertz CT molecular complexity index is 130. The van der Waals surface area contributed by atoms with Crippen LogP contribution in [0.4, 0.5) is 0 Å². The number of rotatable bonds is 4. The molecule has 1 unspecified atom stereocenters. The summed E-state index contributed by atoms with van der Waals surface area (Å²) in [7, 11) is 1.80. The Hall–Kier alpha value is 0.440. The van der Waals surface area contributed by atoms with Gasteiger partial charge in [0, 0.05) is 19.0 Å². The SMILES string of the molecule is COCC(C)C1(CBr)CCCC1. The first-order valence-electron chi connectivity index (χ1n) is 4.80. The highest BCUT2D eigenvalue weighted by atomic mass is 79.9. The van der Waals surface area contributed by atoms with Crippen LogP contribution in [0.1, 0.15) is 32.6 Å². The molecule has 1 rings (SSSR count). The van der Waals surface area contributed by atoms with Gasteiger partial charge in [0.05, 0.1) is 0 Å². The van der Waals surface area contributed by atoms with E-state index in [4.69, 9.17) is 4.74 Å². The molecule has 2 heteroatoms. The highest BCUT2D eigenvalue weighted by Crippen LogP contribution is 2.45. The van der Waals surface area contributed by atoms with Gasteiger partial charge in [-0.3, -0.25) is 0 Å². The van der Waals surface area contributed by atoms with Crippen molar-refractivity contribution in [2.75, 3.05) is 19.0 Å². The number of alkyl halides is 1. The Morgan fingerprint density at radius 2 is 2.00 bits per heavy atom. The van der Waals surface area contributed by atoms with Crippen LogP contribution in [0.15, 0.2) is 0 Å². The maximum Gasteiger partial charge on any atom is 0.0493 e. The second-order valence-electron chi connectivity index (χ2n) is 4.06. The van der Waals surface area contributed by atoms with E-state index in [0.29, 0.717) is 11.3 Å². The highest BCUT2D eigenvalue weighted by molar-refractivity contribution is 9.09. The molecule has 0 heterocycles. The van der Waals surface area contributed by atoms with E-state index in [1.165, 1.54) is 25.7 Å². The van der Waals surface area contributed by atoms with E-state index in [1.807, 2.05) is 0 Å². The number of halogens is 1. The standard InChI is InChI=1S/C10H19BrO/c1-9(7-12-2)10(8-11)5-3-4-6-10/h9H,3-8H2,1-2H3. The lowest BCUT2D eigenvalue weighted by Crippen LogP contribution is -2.30. The second-order valence-corrected chi connectivity index (χ2v) is 4.62. The predicted molar refractivity (Wildman–Crippen MR) is 55.7 cm³/mol. The maximum absolute atomic E-state index is 5.22. The molecule has 1 fully saturated rings.